The van der Waals surface area contributed by atoms with E-state index in [2.05, 4.69) is 0 Å². The molecule has 2 rings (SSSR count). The van der Waals surface area contributed by atoms with E-state index < -0.39 is 0 Å². The Kier molecular flexibility index (Phi) is 1.88. The maximum Gasteiger partial charge on any atom is 0.151 e. The Hall–Kier alpha value is -1.22. The topological polar surface area (TPSA) is 17.1 Å². The molecule has 66 valence electrons. The molecule has 0 aliphatic heterocycles. The molecule has 0 N–H and O–H groups in total. The molecule has 13 heavy (non-hydrogen) atoms. The van der Waals surface area contributed by atoms with Gasteiger partial charge in [0.25, 0.3) is 0 Å². The maximum atomic E-state index is 13.2. The minimum Gasteiger partial charge on any atom is -0.298 e. The highest BCUT2D eigenvalue weighted by Crippen LogP contribution is 2.31. The predicted octanol–water partition coefficient (Wildman–Crippen LogP) is 3.16. The Balaban J connectivity index is 2.93. The fourth-order valence-electron chi connectivity index (χ4n) is 1.37. The van der Waals surface area contributed by atoms with Crippen LogP contribution in [-0.4, -0.2) is 6.29 Å². The van der Waals surface area contributed by atoms with Crippen LogP contribution in [0.25, 0.3) is 10.1 Å². The number of carbonyl (C=O) groups excluding carboxylic acids is 1. The number of halogens is 1. The van der Waals surface area contributed by atoms with E-state index in [0.29, 0.717) is 10.3 Å². The molecule has 0 radical (unpaired) electrons. The highest BCUT2D eigenvalue weighted by molar-refractivity contribution is 7.19. The summed E-state index contributed by atoms with van der Waals surface area (Å²) >= 11 is 1.32. The fraction of sp³-hybridized carbons (Fsp3) is 0.100. The van der Waals surface area contributed by atoms with Gasteiger partial charge in [-0.15, -0.1) is 11.3 Å². The molecule has 2 aromatic rings. The quantitative estimate of drug-likeness (QED) is 0.637. The van der Waals surface area contributed by atoms with Crippen LogP contribution in [0.3, 0.4) is 0 Å². The van der Waals surface area contributed by atoms with E-state index in [4.69, 9.17) is 0 Å². The average molecular weight is 194 g/mol. The van der Waals surface area contributed by atoms with Crippen molar-refractivity contribution in [3.8, 4) is 0 Å². The normalized spacial score (nSPS) is 10.6. The van der Waals surface area contributed by atoms with Crippen molar-refractivity contribution in [2.45, 2.75) is 6.92 Å². The molecule has 0 fully saturated rings. The lowest BCUT2D eigenvalue weighted by Gasteiger charge is -1.90. The van der Waals surface area contributed by atoms with Crippen LogP contribution in [0.15, 0.2) is 18.2 Å². The molecular weight excluding hydrogens is 187 g/mol. The first-order valence-corrected chi connectivity index (χ1v) is 4.68. The number of fused-ring (bicyclic) bond motifs is 1. The van der Waals surface area contributed by atoms with Crippen molar-refractivity contribution in [3.05, 3.63) is 34.5 Å². The second-order valence-electron chi connectivity index (χ2n) is 2.81. The highest BCUT2D eigenvalue weighted by Gasteiger charge is 2.10. The molecule has 0 spiro atoms. The Bertz CT molecular complexity index is 473. The Morgan fingerprint density at radius 3 is 2.92 bits per heavy atom. The number of hydrogen-bond donors (Lipinski definition) is 0. The molecule has 0 bridgehead atoms. The van der Waals surface area contributed by atoms with Gasteiger partial charge < -0.3 is 0 Å². The van der Waals surface area contributed by atoms with Crippen LogP contribution in [-0.2, 0) is 0 Å². The molecular formula is C10H7FOS. The van der Waals surface area contributed by atoms with Crippen LogP contribution in [0.5, 0.6) is 0 Å². The molecule has 1 aromatic heterocycles. The summed E-state index contributed by atoms with van der Waals surface area (Å²) in [6, 6.07) is 4.80. The first kappa shape index (κ1) is 8.38. The van der Waals surface area contributed by atoms with Gasteiger partial charge in [0.2, 0.25) is 0 Å². The first-order valence-electron chi connectivity index (χ1n) is 3.87. The van der Waals surface area contributed by atoms with E-state index in [-0.39, 0.29) is 5.82 Å². The SMILES string of the molecule is Cc1sc2c(F)cccc2c1C=O. The van der Waals surface area contributed by atoms with Crippen LogP contribution in [0.1, 0.15) is 15.2 Å². The van der Waals surface area contributed by atoms with Gasteiger partial charge in [-0.2, -0.15) is 0 Å². The summed E-state index contributed by atoms with van der Waals surface area (Å²) in [5.41, 5.74) is 0.611. The van der Waals surface area contributed by atoms with Crippen molar-refractivity contribution in [2.24, 2.45) is 0 Å². The lowest BCUT2D eigenvalue weighted by Crippen LogP contribution is -1.79. The fourth-order valence-corrected chi connectivity index (χ4v) is 2.40. The first-order chi connectivity index (χ1) is 6.24. The minimum atomic E-state index is -0.251. The van der Waals surface area contributed by atoms with Crippen molar-refractivity contribution in [3.63, 3.8) is 0 Å². The third-order valence-electron chi connectivity index (χ3n) is 2.01. The van der Waals surface area contributed by atoms with Crippen molar-refractivity contribution in [2.75, 3.05) is 0 Å². The van der Waals surface area contributed by atoms with E-state index >= 15 is 0 Å². The van der Waals surface area contributed by atoms with E-state index in [1.165, 1.54) is 17.4 Å². The number of thiophene rings is 1. The van der Waals surface area contributed by atoms with Gasteiger partial charge in [0.15, 0.2) is 6.29 Å². The van der Waals surface area contributed by atoms with E-state index in [9.17, 15) is 9.18 Å². The Morgan fingerprint density at radius 2 is 2.23 bits per heavy atom. The van der Waals surface area contributed by atoms with Gasteiger partial charge in [-0.3, -0.25) is 4.79 Å². The largest absolute Gasteiger partial charge is 0.298 e. The van der Waals surface area contributed by atoms with Gasteiger partial charge in [-0.05, 0) is 13.0 Å². The van der Waals surface area contributed by atoms with Crippen molar-refractivity contribution in [1.82, 2.24) is 0 Å². The molecule has 3 heteroatoms. The van der Waals surface area contributed by atoms with Crippen molar-refractivity contribution >= 4 is 27.7 Å². The number of rotatable bonds is 1. The smallest absolute Gasteiger partial charge is 0.151 e. The summed E-state index contributed by atoms with van der Waals surface area (Å²) in [4.78, 5) is 11.6. The number of carbonyl (C=O) groups is 1. The third-order valence-corrected chi connectivity index (χ3v) is 3.15. The van der Waals surface area contributed by atoms with Crippen molar-refractivity contribution < 1.29 is 9.18 Å². The maximum absolute atomic E-state index is 13.2. The van der Waals surface area contributed by atoms with E-state index in [1.54, 1.807) is 12.1 Å². The molecule has 1 aromatic carbocycles. The number of aryl methyl sites for hydroxylation is 1. The summed E-state index contributed by atoms with van der Waals surface area (Å²) in [5, 5.41) is 0.720. The molecule has 1 nitrogen and oxygen atoms in total. The van der Waals surface area contributed by atoms with Gasteiger partial charge in [0, 0.05) is 15.8 Å². The molecule has 0 aliphatic carbocycles. The van der Waals surface area contributed by atoms with Crippen LogP contribution in [0, 0.1) is 12.7 Å². The van der Waals surface area contributed by atoms with Gasteiger partial charge in [-0.1, -0.05) is 12.1 Å². The molecule has 1 heterocycles. The lowest BCUT2D eigenvalue weighted by atomic mass is 10.1. The number of hydrogen-bond acceptors (Lipinski definition) is 2. The van der Waals surface area contributed by atoms with Crippen molar-refractivity contribution in [1.29, 1.82) is 0 Å². The summed E-state index contributed by atoms with van der Waals surface area (Å²) < 4.78 is 13.8. The van der Waals surface area contributed by atoms with E-state index in [0.717, 1.165) is 16.5 Å². The summed E-state index contributed by atoms with van der Waals surface area (Å²) in [5.74, 6) is -0.251. The Labute approximate surface area is 78.8 Å². The van der Waals surface area contributed by atoms with E-state index in [1.807, 2.05) is 6.92 Å². The van der Waals surface area contributed by atoms with Crippen LogP contribution in [0.4, 0.5) is 4.39 Å². The number of benzene rings is 1. The Morgan fingerprint density at radius 1 is 1.46 bits per heavy atom. The monoisotopic (exact) mass is 194 g/mol. The molecule has 0 aliphatic rings. The van der Waals surface area contributed by atoms with Gasteiger partial charge >= 0.3 is 0 Å². The van der Waals surface area contributed by atoms with Gasteiger partial charge in [-0.25, -0.2) is 4.39 Å². The molecule has 0 atom stereocenters. The third kappa shape index (κ3) is 1.16. The van der Waals surface area contributed by atoms with Crippen LogP contribution >= 0.6 is 11.3 Å². The zero-order chi connectivity index (χ0) is 9.42. The highest BCUT2D eigenvalue weighted by atomic mass is 32.1. The number of aldehydes is 1. The zero-order valence-electron chi connectivity index (χ0n) is 7.00. The molecule has 0 saturated carbocycles. The molecule has 0 amide bonds. The van der Waals surface area contributed by atoms with Gasteiger partial charge in [0.05, 0.1) is 4.70 Å². The summed E-state index contributed by atoms with van der Waals surface area (Å²) in [7, 11) is 0. The standard InChI is InChI=1S/C10H7FOS/c1-6-8(5-12)7-3-2-4-9(11)10(7)13-6/h2-5H,1H3. The van der Waals surface area contributed by atoms with Crippen LogP contribution < -0.4 is 0 Å². The second-order valence-corrected chi connectivity index (χ2v) is 4.03. The second kappa shape index (κ2) is 2.92. The molecule has 0 unspecified atom stereocenters. The molecule has 0 saturated heterocycles. The van der Waals surface area contributed by atoms with Gasteiger partial charge in [0.1, 0.15) is 5.82 Å². The van der Waals surface area contributed by atoms with Crippen LogP contribution in [0.2, 0.25) is 0 Å². The summed E-state index contributed by atoms with van der Waals surface area (Å²) in [6.07, 6.45) is 0.785. The lowest BCUT2D eigenvalue weighted by molar-refractivity contribution is 0.112. The average Bonchev–Trinajstić information content (AvgIpc) is 2.43. The zero-order valence-corrected chi connectivity index (χ0v) is 7.82. The minimum absolute atomic E-state index is 0.251. The summed E-state index contributed by atoms with van der Waals surface area (Å²) in [6.45, 7) is 1.83. The predicted molar refractivity (Wildman–Crippen MR) is 51.9 cm³/mol.